The van der Waals surface area contributed by atoms with Gasteiger partial charge in [0.2, 0.25) is 0 Å². The van der Waals surface area contributed by atoms with E-state index >= 15 is 0 Å². The third-order valence-corrected chi connectivity index (χ3v) is 14.7. The summed E-state index contributed by atoms with van der Waals surface area (Å²) in [4.78, 5) is 0. The van der Waals surface area contributed by atoms with Crippen LogP contribution in [0.1, 0.15) is 135 Å². The zero-order valence-corrected chi connectivity index (χ0v) is 48.6. The van der Waals surface area contributed by atoms with Gasteiger partial charge in [0.1, 0.15) is 29.1 Å². The molecule has 0 radical (unpaired) electrons. The molecule has 0 aliphatic rings. The molecule has 9 atom stereocenters. The predicted molar refractivity (Wildman–Crippen MR) is 311 cm³/mol. The van der Waals surface area contributed by atoms with Crippen molar-refractivity contribution in [3.63, 3.8) is 0 Å². The lowest BCUT2D eigenvalue weighted by Gasteiger charge is -2.34. The molecule has 11 heteroatoms. The number of hydrogen-bond acceptors (Lipinski definition) is 11. The van der Waals surface area contributed by atoms with Crippen molar-refractivity contribution < 1.29 is 53.2 Å². The van der Waals surface area contributed by atoms with Gasteiger partial charge in [-0.1, -0.05) is 151 Å². The number of unbranched alkanes of at least 4 members (excludes halogenated alkanes) is 7. The summed E-state index contributed by atoms with van der Waals surface area (Å²) in [7, 11) is 6.57. The van der Waals surface area contributed by atoms with Crippen molar-refractivity contribution in [3.8, 4) is 23.0 Å². The molecule has 0 saturated carbocycles. The van der Waals surface area contributed by atoms with Crippen molar-refractivity contribution in [1.82, 2.24) is 0 Å². The molecule has 3 N–H and O–H groups in total. The Bertz CT molecular complexity index is 2270. The predicted octanol–water partition coefficient (Wildman–Crippen LogP) is 14.0. The largest absolute Gasteiger partial charge is 0.497 e. The fourth-order valence-corrected chi connectivity index (χ4v) is 10.0. The van der Waals surface area contributed by atoms with Crippen molar-refractivity contribution in [3.05, 3.63) is 154 Å². The second-order valence-electron chi connectivity index (χ2n) is 21.1. The van der Waals surface area contributed by atoms with Gasteiger partial charge in [0.25, 0.3) is 0 Å². The van der Waals surface area contributed by atoms with E-state index < -0.39 is 30.3 Å². The highest BCUT2D eigenvalue weighted by molar-refractivity contribution is 5.30. The average molecular weight is 1070 g/mol. The van der Waals surface area contributed by atoms with Crippen LogP contribution in [0.5, 0.6) is 23.0 Å². The van der Waals surface area contributed by atoms with E-state index in [0.717, 1.165) is 62.8 Å². The zero-order valence-electron chi connectivity index (χ0n) is 48.6. The second kappa shape index (κ2) is 36.2. The summed E-state index contributed by atoms with van der Waals surface area (Å²) in [6, 6.07) is 31.0. The molecule has 0 aliphatic heterocycles. The number of hydrogen-bond donors (Lipinski definition) is 3. The van der Waals surface area contributed by atoms with E-state index in [1.165, 1.54) is 51.4 Å². The van der Waals surface area contributed by atoms with Gasteiger partial charge in [-0.25, -0.2) is 0 Å². The van der Waals surface area contributed by atoms with E-state index in [9.17, 15) is 15.3 Å². The molecule has 0 bridgehead atoms. The van der Waals surface area contributed by atoms with Crippen LogP contribution in [0.15, 0.2) is 132 Å². The van der Waals surface area contributed by atoms with Crippen molar-refractivity contribution in [2.45, 2.75) is 170 Å². The Balaban J connectivity index is 1.53. The van der Waals surface area contributed by atoms with Crippen molar-refractivity contribution in [2.75, 3.05) is 41.7 Å². The highest BCUT2D eigenvalue weighted by atomic mass is 16.6. The summed E-state index contributed by atoms with van der Waals surface area (Å²) in [6.07, 6.45) is 14.8. The van der Waals surface area contributed by atoms with Crippen LogP contribution in [0.25, 0.3) is 0 Å². The fourth-order valence-electron chi connectivity index (χ4n) is 10.0. The summed E-state index contributed by atoms with van der Waals surface area (Å²) < 4.78 is 47.9. The molecule has 0 saturated heterocycles. The molecule has 4 rings (SSSR count). The molecule has 0 amide bonds. The van der Waals surface area contributed by atoms with E-state index in [2.05, 4.69) is 52.0 Å². The van der Waals surface area contributed by atoms with Crippen molar-refractivity contribution in [1.29, 1.82) is 0 Å². The fraction of sp³-hybridized carbons (Fsp3) is 0.545. The van der Waals surface area contributed by atoms with E-state index in [1.54, 1.807) is 28.4 Å². The molecule has 426 valence electrons. The van der Waals surface area contributed by atoms with Crippen LogP contribution in [0.3, 0.4) is 0 Å². The molecule has 4 aromatic carbocycles. The average Bonchev–Trinajstić information content (AvgIpc) is 3.44. The number of rotatable bonds is 39. The van der Waals surface area contributed by atoms with Gasteiger partial charge in [0.05, 0.1) is 92.5 Å². The monoisotopic (exact) mass is 1060 g/mol. The van der Waals surface area contributed by atoms with Crippen LogP contribution >= 0.6 is 0 Å². The van der Waals surface area contributed by atoms with Crippen LogP contribution in [0.4, 0.5) is 0 Å². The molecule has 0 unspecified atom stereocenters. The first-order valence-corrected chi connectivity index (χ1v) is 28.2. The second-order valence-corrected chi connectivity index (χ2v) is 21.1. The lowest BCUT2D eigenvalue weighted by atomic mass is 9.87. The summed E-state index contributed by atoms with van der Waals surface area (Å²) in [5.74, 6) is 2.77. The Morgan fingerprint density at radius 3 is 1.39 bits per heavy atom. The van der Waals surface area contributed by atoms with Gasteiger partial charge in [-0.2, -0.15) is 0 Å². The summed E-state index contributed by atoms with van der Waals surface area (Å²) >= 11 is 0. The molecule has 11 nitrogen and oxygen atoms in total. The molecule has 0 fully saturated rings. The third-order valence-electron chi connectivity index (χ3n) is 14.7. The molecular formula is C66H96O11. The van der Waals surface area contributed by atoms with Gasteiger partial charge < -0.3 is 53.2 Å². The van der Waals surface area contributed by atoms with Crippen LogP contribution in [0, 0.1) is 23.7 Å². The Labute approximate surface area is 463 Å². The Morgan fingerprint density at radius 1 is 0.506 bits per heavy atom. The molecule has 4 aromatic rings. The minimum Gasteiger partial charge on any atom is -0.497 e. The normalized spacial score (nSPS) is 15.9. The summed E-state index contributed by atoms with van der Waals surface area (Å²) in [5, 5.41) is 34.9. The number of benzene rings is 4. The standard InChI is InChI=1S/C66H96O11/c1-12-13-14-15-16-17-18-19-20-48(3)65(76-44-55-25-33-60(72-10)34-26-55)52(7)38-47(2)37-50(5)64(69)51(6)39-49(4)62(68)40-57(46-74-42-53-21-29-58(70-8)30-22-53)66(77-45-56-27-35-61(73-11)36-28-56)63(41-67)75-43-54-23-31-59(71-9)32-24-54/h21-39,48,51-52,57,62-69H,12-20,40-46H2,1-11H3/b47-38+,49-39+,50-37+/t48-,51+,52-,57-,62+,63+,64-,65+,66+/m0/s1. The molecule has 0 aliphatic carbocycles. The maximum Gasteiger partial charge on any atom is 0.118 e. The SMILES string of the molecule is CCCCCCCCCC[C@H](C)[C@@H](OCc1ccc(OC)cc1)[C@@H](C)/C=C(C)/C=C(\C)[C@H](O)[C@H](C)/C=C(\C)[C@H](O)C[C@@H](COCc1ccc(OC)cc1)[C@@H](OCc1ccc(OC)cc1)[C@@H](CO)OCc1ccc(OC)cc1. The van der Waals surface area contributed by atoms with Crippen molar-refractivity contribution >= 4 is 0 Å². The maximum atomic E-state index is 12.1. The van der Waals surface area contributed by atoms with Gasteiger partial charge in [0.15, 0.2) is 0 Å². The van der Waals surface area contributed by atoms with E-state index in [0.29, 0.717) is 24.7 Å². The van der Waals surface area contributed by atoms with Gasteiger partial charge >= 0.3 is 0 Å². The molecule has 77 heavy (non-hydrogen) atoms. The highest BCUT2D eigenvalue weighted by Crippen LogP contribution is 2.30. The Kier molecular flexibility index (Phi) is 30.4. The highest BCUT2D eigenvalue weighted by Gasteiger charge is 2.34. The van der Waals surface area contributed by atoms with Crippen LogP contribution in [0.2, 0.25) is 0 Å². The van der Waals surface area contributed by atoms with Crippen LogP contribution in [-0.2, 0) is 45.4 Å². The van der Waals surface area contributed by atoms with Gasteiger partial charge in [-0.05, 0) is 121 Å². The van der Waals surface area contributed by atoms with Crippen LogP contribution in [-0.4, -0.2) is 87.5 Å². The Morgan fingerprint density at radius 2 is 0.935 bits per heavy atom. The van der Waals surface area contributed by atoms with E-state index in [-0.39, 0.29) is 50.8 Å². The maximum absolute atomic E-state index is 12.1. The summed E-state index contributed by atoms with van der Waals surface area (Å²) in [6.45, 7) is 15.9. The van der Waals surface area contributed by atoms with E-state index in [4.69, 9.17) is 37.9 Å². The molecular weight excluding hydrogens is 969 g/mol. The lowest BCUT2D eigenvalue weighted by Crippen LogP contribution is -2.43. The Hall–Kier alpha value is -4.98. The first kappa shape index (κ1) is 64.5. The number of aliphatic hydroxyl groups excluding tert-OH is 3. The molecule has 0 heterocycles. The van der Waals surface area contributed by atoms with Crippen molar-refractivity contribution in [2.24, 2.45) is 23.7 Å². The minimum atomic E-state index is -0.929. The summed E-state index contributed by atoms with van der Waals surface area (Å²) in [5.41, 5.74) is 6.48. The first-order chi connectivity index (χ1) is 37.2. The number of allylic oxidation sites excluding steroid dienone is 2. The van der Waals surface area contributed by atoms with Gasteiger partial charge in [-0.15, -0.1) is 0 Å². The van der Waals surface area contributed by atoms with Gasteiger partial charge in [0, 0.05) is 17.8 Å². The third kappa shape index (κ3) is 23.5. The lowest BCUT2D eigenvalue weighted by molar-refractivity contribution is -0.140. The van der Waals surface area contributed by atoms with Gasteiger partial charge in [-0.3, -0.25) is 0 Å². The number of ether oxygens (including phenoxy) is 8. The topological polar surface area (TPSA) is 135 Å². The molecule has 0 spiro atoms. The van der Waals surface area contributed by atoms with E-state index in [1.807, 2.05) is 112 Å². The quantitative estimate of drug-likeness (QED) is 0.0224. The van der Waals surface area contributed by atoms with Crippen LogP contribution < -0.4 is 18.9 Å². The first-order valence-electron chi connectivity index (χ1n) is 28.2. The zero-order chi connectivity index (χ0) is 56.0. The molecule has 0 aromatic heterocycles. The smallest absolute Gasteiger partial charge is 0.118 e. The number of aliphatic hydroxyl groups is 3. The number of methoxy groups -OCH3 is 4. The minimum absolute atomic E-state index is 0.0121.